The van der Waals surface area contributed by atoms with Crippen LogP contribution in [0.1, 0.15) is 16.7 Å². The number of benzene rings is 2. The molecular weight excluding hydrogens is 286 g/mol. The molecule has 2 aromatic carbocycles. The predicted octanol–water partition coefficient (Wildman–Crippen LogP) is 4.09. The summed E-state index contributed by atoms with van der Waals surface area (Å²) in [5.41, 5.74) is 3.98. The van der Waals surface area contributed by atoms with Crippen LogP contribution >= 0.6 is 15.9 Å². The van der Waals surface area contributed by atoms with E-state index in [0.29, 0.717) is 0 Å². The van der Waals surface area contributed by atoms with Crippen molar-refractivity contribution in [3.63, 3.8) is 0 Å². The van der Waals surface area contributed by atoms with Crippen molar-refractivity contribution < 1.29 is 0 Å². The zero-order valence-corrected chi connectivity index (χ0v) is 12.2. The van der Waals surface area contributed by atoms with E-state index in [1.165, 1.54) is 21.2 Å². The first-order valence-electron chi connectivity index (χ1n) is 6.25. The maximum Gasteiger partial charge on any atom is 0.0207 e. The van der Waals surface area contributed by atoms with Gasteiger partial charge in [-0.1, -0.05) is 58.4 Å². The summed E-state index contributed by atoms with van der Waals surface area (Å²) in [5, 5.41) is 3.48. The Morgan fingerprint density at radius 2 is 1.78 bits per heavy atom. The molecule has 0 spiro atoms. The van der Waals surface area contributed by atoms with Crippen molar-refractivity contribution in [1.82, 2.24) is 5.32 Å². The zero-order chi connectivity index (χ0) is 12.8. The third kappa shape index (κ3) is 3.97. The van der Waals surface area contributed by atoms with Crippen LogP contribution in [-0.4, -0.2) is 6.54 Å². The van der Waals surface area contributed by atoms with Crippen LogP contribution in [0.15, 0.2) is 53.0 Å². The topological polar surface area (TPSA) is 12.0 Å². The molecule has 1 N–H and O–H groups in total. The fraction of sp³-hybridized carbons (Fsp3) is 0.250. The van der Waals surface area contributed by atoms with Gasteiger partial charge in [-0.25, -0.2) is 0 Å². The van der Waals surface area contributed by atoms with Gasteiger partial charge in [0.25, 0.3) is 0 Å². The third-order valence-electron chi connectivity index (χ3n) is 3.00. The minimum Gasteiger partial charge on any atom is -0.312 e. The van der Waals surface area contributed by atoms with Crippen LogP contribution in [0.25, 0.3) is 0 Å². The van der Waals surface area contributed by atoms with Crippen LogP contribution in [0, 0.1) is 6.92 Å². The number of aryl methyl sites for hydroxylation is 1. The Morgan fingerprint density at radius 3 is 2.50 bits per heavy atom. The molecule has 0 unspecified atom stereocenters. The van der Waals surface area contributed by atoms with Crippen LogP contribution in [0.3, 0.4) is 0 Å². The SMILES string of the molecule is Cc1ccc(CNCCc2ccccc2)cc1Br. The quantitative estimate of drug-likeness (QED) is 0.820. The molecule has 0 aliphatic heterocycles. The maximum atomic E-state index is 3.56. The molecule has 1 nitrogen and oxygen atoms in total. The molecule has 0 radical (unpaired) electrons. The lowest BCUT2D eigenvalue weighted by Crippen LogP contribution is -2.16. The van der Waals surface area contributed by atoms with E-state index in [9.17, 15) is 0 Å². The van der Waals surface area contributed by atoms with Crippen molar-refractivity contribution in [2.45, 2.75) is 19.9 Å². The van der Waals surface area contributed by atoms with Crippen molar-refractivity contribution in [3.05, 3.63) is 69.7 Å². The lowest BCUT2D eigenvalue weighted by molar-refractivity contribution is 0.686. The first-order chi connectivity index (χ1) is 8.75. The van der Waals surface area contributed by atoms with Gasteiger partial charge >= 0.3 is 0 Å². The highest BCUT2D eigenvalue weighted by Crippen LogP contribution is 2.17. The van der Waals surface area contributed by atoms with Gasteiger partial charge in [0.05, 0.1) is 0 Å². The Balaban J connectivity index is 1.77. The van der Waals surface area contributed by atoms with Gasteiger partial charge in [0.1, 0.15) is 0 Å². The molecule has 0 aliphatic carbocycles. The minimum atomic E-state index is 0.922. The van der Waals surface area contributed by atoms with Crippen LogP contribution in [0.5, 0.6) is 0 Å². The molecule has 2 rings (SSSR count). The lowest BCUT2D eigenvalue weighted by Gasteiger charge is -2.07. The Labute approximate surface area is 117 Å². The van der Waals surface area contributed by atoms with E-state index in [1.54, 1.807) is 0 Å². The summed E-state index contributed by atoms with van der Waals surface area (Å²) in [5.74, 6) is 0. The molecule has 0 aliphatic rings. The van der Waals surface area contributed by atoms with Crippen LogP contribution in [0.4, 0.5) is 0 Å². The molecule has 0 bridgehead atoms. The molecule has 0 saturated carbocycles. The molecule has 0 heterocycles. The number of hydrogen-bond donors (Lipinski definition) is 1. The monoisotopic (exact) mass is 303 g/mol. The van der Waals surface area contributed by atoms with Gasteiger partial charge in [0.2, 0.25) is 0 Å². The fourth-order valence-corrected chi connectivity index (χ4v) is 2.28. The number of rotatable bonds is 5. The number of hydrogen-bond acceptors (Lipinski definition) is 1. The number of nitrogens with one attached hydrogen (secondary N) is 1. The van der Waals surface area contributed by atoms with Crippen molar-refractivity contribution in [3.8, 4) is 0 Å². The van der Waals surface area contributed by atoms with E-state index in [-0.39, 0.29) is 0 Å². The average Bonchev–Trinajstić information content (AvgIpc) is 2.40. The lowest BCUT2D eigenvalue weighted by atomic mass is 10.1. The molecule has 2 aromatic rings. The highest BCUT2D eigenvalue weighted by molar-refractivity contribution is 9.10. The van der Waals surface area contributed by atoms with Crippen LogP contribution in [-0.2, 0) is 13.0 Å². The van der Waals surface area contributed by atoms with Crippen LogP contribution in [0.2, 0.25) is 0 Å². The van der Waals surface area contributed by atoms with Gasteiger partial charge in [0, 0.05) is 11.0 Å². The standard InChI is InChI=1S/C16H18BrN/c1-13-7-8-15(11-16(13)17)12-18-10-9-14-5-3-2-4-6-14/h2-8,11,18H,9-10,12H2,1H3. The van der Waals surface area contributed by atoms with Crippen LogP contribution < -0.4 is 5.32 Å². The van der Waals surface area contributed by atoms with Gasteiger partial charge in [-0.05, 0) is 42.6 Å². The van der Waals surface area contributed by atoms with E-state index >= 15 is 0 Å². The van der Waals surface area contributed by atoms with E-state index in [0.717, 1.165) is 19.5 Å². The number of halogens is 1. The minimum absolute atomic E-state index is 0.922. The second-order valence-electron chi connectivity index (χ2n) is 4.50. The largest absolute Gasteiger partial charge is 0.312 e. The van der Waals surface area contributed by atoms with Gasteiger partial charge in [0.15, 0.2) is 0 Å². The summed E-state index contributed by atoms with van der Waals surface area (Å²) < 4.78 is 1.19. The smallest absolute Gasteiger partial charge is 0.0207 e. The highest BCUT2D eigenvalue weighted by atomic mass is 79.9. The molecular formula is C16H18BrN. The Morgan fingerprint density at radius 1 is 1.00 bits per heavy atom. The first kappa shape index (κ1) is 13.3. The average molecular weight is 304 g/mol. The summed E-state index contributed by atoms with van der Waals surface area (Å²) in [4.78, 5) is 0. The Kier molecular flexibility index (Phi) is 4.97. The molecule has 0 amide bonds. The maximum absolute atomic E-state index is 3.56. The van der Waals surface area contributed by atoms with Crippen molar-refractivity contribution in [2.75, 3.05) is 6.54 Å². The van der Waals surface area contributed by atoms with Gasteiger partial charge in [-0.15, -0.1) is 0 Å². The van der Waals surface area contributed by atoms with Gasteiger partial charge in [-0.3, -0.25) is 0 Å². The molecule has 2 heteroatoms. The molecule has 0 aromatic heterocycles. The zero-order valence-electron chi connectivity index (χ0n) is 10.6. The first-order valence-corrected chi connectivity index (χ1v) is 7.04. The van der Waals surface area contributed by atoms with E-state index in [2.05, 4.69) is 76.7 Å². The molecule has 94 valence electrons. The van der Waals surface area contributed by atoms with Crippen molar-refractivity contribution in [1.29, 1.82) is 0 Å². The van der Waals surface area contributed by atoms with E-state index in [1.807, 2.05) is 0 Å². The van der Waals surface area contributed by atoms with Gasteiger partial charge in [-0.2, -0.15) is 0 Å². The highest BCUT2D eigenvalue weighted by Gasteiger charge is 1.97. The molecule has 0 atom stereocenters. The third-order valence-corrected chi connectivity index (χ3v) is 3.85. The Bertz CT molecular complexity index is 494. The second-order valence-corrected chi connectivity index (χ2v) is 5.35. The summed E-state index contributed by atoms with van der Waals surface area (Å²) >= 11 is 3.56. The molecule has 18 heavy (non-hydrogen) atoms. The van der Waals surface area contributed by atoms with E-state index < -0.39 is 0 Å². The molecule has 0 fully saturated rings. The summed E-state index contributed by atoms with van der Waals surface area (Å²) in [6.07, 6.45) is 1.08. The normalized spacial score (nSPS) is 10.6. The summed E-state index contributed by atoms with van der Waals surface area (Å²) in [6, 6.07) is 17.1. The van der Waals surface area contributed by atoms with Crippen molar-refractivity contribution >= 4 is 15.9 Å². The second kappa shape index (κ2) is 6.72. The van der Waals surface area contributed by atoms with E-state index in [4.69, 9.17) is 0 Å². The van der Waals surface area contributed by atoms with Gasteiger partial charge < -0.3 is 5.32 Å². The summed E-state index contributed by atoms with van der Waals surface area (Å²) in [7, 11) is 0. The summed E-state index contributed by atoms with van der Waals surface area (Å²) in [6.45, 7) is 4.04. The Hall–Kier alpha value is -1.12. The molecule has 0 saturated heterocycles. The fourth-order valence-electron chi connectivity index (χ4n) is 1.86. The predicted molar refractivity (Wildman–Crippen MR) is 80.7 cm³/mol. The van der Waals surface area contributed by atoms with Crippen molar-refractivity contribution in [2.24, 2.45) is 0 Å².